The van der Waals surface area contributed by atoms with E-state index in [9.17, 15) is 4.79 Å². The second-order valence-corrected chi connectivity index (χ2v) is 6.42. The van der Waals surface area contributed by atoms with Gasteiger partial charge in [0, 0.05) is 0 Å². The van der Waals surface area contributed by atoms with E-state index in [4.69, 9.17) is 4.74 Å². The zero-order valence-corrected chi connectivity index (χ0v) is 15.2. The molecule has 0 radical (unpaired) electrons. The molecule has 0 aliphatic rings. The van der Waals surface area contributed by atoms with Crippen LogP contribution in [-0.4, -0.2) is 12.0 Å². The Bertz CT molecular complexity index is 691. The number of nitrogens with one attached hydrogen (secondary N) is 1. The second-order valence-electron chi connectivity index (χ2n) is 6.42. The first-order chi connectivity index (χ1) is 11.4. The molecule has 0 aliphatic carbocycles. The maximum atomic E-state index is 12.6. The lowest BCUT2D eigenvalue weighted by Gasteiger charge is -2.22. The fourth-order valence-corrected chi connectivity index (χ4v) is 2.65. The number of hydrogen-bond donors (Lipinski definition) is 1. The van der Waals surface area contributed by atoms with Crippen LogP contribution in [0.25, 0.3) is 0 Å². The summed E-state index contributed by atoms with van der Waals surface area (Å²) in [4.78, 5) is 12.6. The van der Waals surface area contributed by atoms with Gasteiger partial charge in [-0.1, -0.05) is 54.4 Å². The Morgan fingerprint density at radius 2 is 1.67 bits per heavy atom. The van der Waals surface area contributed by atoms with Crippen molar-refractivity contribution < 1.29 is 9.53 Å². The van der Waals surface area contributed by atoms with Crippen molar-refractivity contribution in [2.75, 3.05) is 0 Å². The highest BCUT2D eigenvalue weighted by molar-refractivity contribution is 5.81. The van der Waals surface area contributed by atoms with Gasteiger partial charge in [-0.15, -0.1) is 0 Å². The van der Waals surface area contributed by atoms with Gasteiger partial charge < -0.3 is 10.1 Å². The van der Waals surface area contributed by atoms with Gasteiger partial charge in [-0.25, -0.2) is 0 Å². The molecule has 2 aromatic carbocycles. The summed E-state index contributed by atoms with van der Waals surface area (Å²) in [7, 11) is 0. The fraction of sp³-hybridized carbons (Fsp3) is 0.381. The Morgan fingerprint density at radius 1 is 1.04 bits per heavy atom. The topological polar surface area (TPSA) is 38.3 Å². The van der Waals surface area contributed by atoms with Crippen molar-refractivity contribution in [3.63, 3.8) is 0 Å². The smallest absolute Gasteiger partial charge is 0.261 e. The van der Waals surface area contributed by atoms with Gasteiger partial charge in [-0.3, -0.25) is 4.79 Å². The number of aryl methyl sites for hydroxylation is 3. The quantitative estimate of drug-likeness (QED) is 0.840. The first-order valence-corrected chi connectivity index (χ1v) is 8.51. The van der Waals surface area contributed by atoms with E-state index >= 15 is 0 Å². The van der Waals surface area contributed by atoms with Gasteiger partial charge in [-0.05, 0) is 51.3 Å². The molecule has 0 bridgehead atoms. The third kappa shape index (κ3) is 4.60. The van der Waals surface area contributed by atoms with E-state index in [0.29, 0.717) is 6.42 Å². The Kier molecular flexibility index (Phi) is 6.02. The molecule has 3 nitrogen and oxygen atoms in total. The second kappa shape index (κ2) is 8.00. The summed E-state index contributed by atoms with van der Waals surface area (Å²) in [6, 6.07) is 14.2. The Hall–Kier alpha value is -2.29. The molecule has 0 fully saturated rings. The highest BCUT2D eigenvalue weighted by atomic mass is 16.5. The summed E-state index contributed by atoms with van der Waals surface area (Å²) in [5, 5.41) is 3.05. The van der Waals surface area contributed by atoms with Crippen molar-refractivity contribution in [2.45, 2.75) is 53.2 Å². The van der Waals surface area contributed by atoms with E-state index < -0.39 is 6.10 Å². The minimum absolute atomic E-state index is 0.0464. The molecule has 0 saturated heterocycles. The third-order valence-electron chi connectivity index (χ3n) is 4.20. The number of carbonyl (C=O) groups is 1. The van der Waals surface area contributed by atoms with Crippen molar-refractivity contribution in [3.8, 4) is 5.75 Å². The molecule has 128 valence electrons. The lowest BCUT2D eigenvalue weighted by Crippen LogP contribution is -2.39. The van der Waals surface area contributed by atoms with Gasteiger partial charge in [0.05, 0.1) is 6.04 Å². The first kappa shape index (κ1) is 18.1. The van der Waals surface area contributed by atoms with Crippen molar-refractivity contribution >= 4 is 5.91 Å². The van der Waals surface area contributed by atoms with Gasteiger partial charge >= 0.3 is 0 Å². The van der Waals surface area contributed by atoms with Crippen LogP contribution in [0.3, 0.4) is 0 Å². The highest BCUT2D eigenvalue weighted by Crippen LogP contribution is 2.21. The standard InChI is InChI=1S/C21H27NO2/c1-6-19(24-20-12-9-15(3)13-16(20)4)21(23)22-17(5)18-10-7-14(2)8-11-18/h7-13,17,19H,6H2,1-5H3,(H,22,23)/t17-,19-/m0/s1. The van der Waals surface area contributed by atoms with E-state index in [1.54, 1.807) is 0 Å². The number of benzene rings is 2. The molecule has 1 N–H and O–H groups in total. The molecule has 0 saturated carbocycles. The predicted octanol–water partition coefficient (Wildman–Crippen LogP) is 4.65. The van der Waals surface area contributed by atoms with Gasteiger partial charge in [0.15, 0.2) is 6.10 Å². The molecule has 0 heterocycles. The van der Waals surface area contributed by atoms with Crippen molar-refractivity contribution in [2.24, 2.45) is 0 Å². The third-order valence-corrected chi connectivity index (χ3v) is 4.20. The minimum Gasteiger partial charge on any atom is -0.480 e. The van der Waals surface area contributed by atoms with Crippen LogP contribution in [0.5, 0.6) is 5.75 Å². The number of ether oxygens (including phenoxy) is 1. The van der Waals surface area contributed by atoms with Crippen LogP contribution in [-0.2, 0) is 4.79 Å². The van der Waals surface area contributed by atoms with E-state index in [-0.39, 0.29) is 11.9 Å². The molecule has 0 spiro atoms. The zero-order chi connectivity index (χ0) is 17.7. The van der Waals surface area contributed by atoms with Gasteiger partial charge in [0.2, 0.25) is 0 Å². The summed E-state index contributed by atoms with van der Waals surface area (Å²) >= 11 is 0. The molecule has 2 aromatic rings. The molecule has 0 aromatic heterocycles. The molecule has 0 unspecified atom stereocenters. The van der Waals surface area contributed by atoms with Crippen LogP contribution in [0.2, 0.25) is 0 Å². The van der Waals surface area contributed by atoms with Crippen molar-refractivity contribution in [3.05, 3.63) is 64.7 Å². The Labute approximate surface area is 145 Å². The van der Waals surface area contributed by atoms with Crippen molar-refractivity contribution in [1.29, 1.82) is 0 Å². The Balaban J connectivity index is 2.04. The minimum atomic E-state index is -0.487. The average molecular weight is 325 g/mol. The lowest BCUT2D eigenvalue weighted by atomic mass is 10.1. The molecular formula is C21H27NO2. The number of hydrogen-bond acceptors (Lipinski definition) is 2. The summed E-state index contributed by atoms with van der Waals surface area (Å²) < 4.78 is 5.96. The van der Waals surface area contributed by atoms with Crippen LogP contribution >= 0.6 is 0 Å². The normalized spacial score (nSPS) is 13.2. The first-order valence-electron chi connectivity index (χ1n) is 8.51. The highest BCUT2D eigenvalue weighted by Gasteiger charge is 2.21. The van der Waals surface area contributed by atoms with E-state index in [1.807, 2.05) is 52.0 Å². The maximum absolute atomic E-state index is 12.6. The number of carbonyl (C=O) groups excluding carboxylic acids is 1. The van der Waals surface area contributed by atoms with Crippen LogP contribution < -0.4 is 10.1 Å². The summed E-state index contributed by atoms with van der Waals surface area (Å²) in [6.45, 7) is 10.1. The van der Waals surface area contributed by atoms with Crippen LogP contribution in [0, 0.1) is 20.8 Å². The van der Waals surface area contributed by atoms with Crippen LogP contribution in [0.4, 0.5) is 0 Å². The largest absolute Gasteiger partial charge is 0.480 e. The Morgan fingerprint density at radius 3 is 2.25 bits per heavy atom. The molecular weight excluding hydrogens is 298 g/mol. The molecule has 1 amide bonds. The van der Waals surface area contributed by atoms with Gasteiger partial charge in [0.1, 0.15) is 5.75 Å². The predicted molar refractivity (Wildman–Crippen MR) is 98.4 cm³/mol. The number of rotatable bonds is 6. The molecule has 3 heteroatoms. The molecule has 0 aliphatic heterocycles. The summed E-state index contributed by atoms with van der Waals surface area (Å²) in [6.07, 6.45) is 0.138. The SMILES string of the molecule is CC[C@H](Oc1ccc(C)cc1C)C(=O)N[C@@H](C)c1ccc(C)cc1. The van der Waals surface area contributed by atoms with E-state index in [0.717, 1.165) is 16.9 Å². The van der Waals surface area contributed by atoms with Crippen LogP contribution in [0.15, 0.2) is 42.5 Å². The van der Waals surface area contributed by atoms with Gasteiger partial charge in [0.25, 0.3) is 5.91 Å². The summed E-state index contributed by atoms with van der Waals surface area (Å²) in [5.74, 6) is 0.691. The molecule has 2 rings (SSSR count). The van der Waals surface area contributed by atoms with E-state index in [1.165, 1.54) is 11.1 Å². The average Bonchev–Trinajstić information content (AvgIpc) is 2.54. The lowest BCUT2D eigenvalue weighted by molar-refractivity contribution is -0.128. The van der Waals surface area contributed by atoms with Gasteiger partial charge in [-0.2, -0.15) is 0 Å². The molecule has 2 atom stereocenters. The van der Waals surface area contributed by atoms with Crippen LogP contribution in [0.1, 0.15) is 48.6 Å². The van der Waals surface area contributed by atoms with E-state index in [2.05, 4.69) is 30.4 Å². The zero-order valence-electron chi connectivity index (χ0n) is 15.2. The van der Waals surface area contributed by atoms with Crippen molar-refractivity contribution in [1.82, 2.24) is 5.32 Å². The fourth-order valence-electron chi connectivity index (χ4n) is 2.65. The molecule has 24 heavy (non-hydrogen) atoms. The summed E-state index contributed by atoms with van der Waals surface area (Å²) in [5.41, 5.74) is 4.54. The maximum Gasteiger partial charge on any atom is 0.261 e. The number of amides is 1. The monoisotopic (exact) mass is 325 g/mol.